The summed E-state index contributed by atoms with van der Waals surface area (Å²) in [6.07, 6.45) is 2.69. The number of rotatable bonds is 5. The maximum Gasteiger partial charge on any atom is 0.307 e. The molecule has 0 heterocycles. The smallest absolute Gasteiger partial charge is 0.307 e. The predicted octanol–water partition coefficient (Wildman–Crippen LogP) is 2.39. The van der Waals surface area contributed by atoms with Gasteiger partial charge in [-0.3, -0.25) is 9.59 Å². The van der Waals surface area contributed by atoms with Crippen LogP contribution in [0.25, 0.3) is 0 Å². The van der Waals surface area contributed by atoms with Crippen molar-refractivity contribution >= 4 is 17.6 Å². The Hall–Kier alpha value is -2.24. The van der Waals surface area contributed by atoms with Gasteiger partial charge in [-0.05, 0) is 43.2 Å². The number of benzene rings is 1. The van der Waals surface area contributed by atoms with Crippen LogP contribution in [0.5, 0.6) is 11.5 Å². The highest BCUT2D eigenvalue weighted by atomic mass is 16.5. The largest absolute Gasteiger partial charge is 0.497 e. The van der Waals surface area contributed by atoms with Gasteiger partial charge in [-0.15, -0.1) is 0 Å². The SMILES string of the molecule is COc1ccc(NC(=O)[C@H]2[C@H]3CC[C@@H](C3)[C@H]2C(=O)O)c(OC)c1. The van der Waals surface area contributed by atoms with Gasteiger partial charge in [0, 0.05) is 6.07 Å². The Morgan fingerprint density at radius 1 is 1.13 bits per heavy atom. The van der Waals surface area contributed by atoms with Crippen molar-refractivity contribution in [3.05, 3.63) is 18.2 Å². The van der Waals surface area contributed by atoms with Gasteiger partial charge in [0.2, 0.25) is 5.91 Å². The zero-order valence-electron chi connectivity index (χ0n) is 13.2. The van der Waals surface area contributed by atoms with Crippen LogP contribution in [-0.4, -0.2) is 31.2 Å². The van der Waals surface area contributed by atoms with E-state index >= 15 is 0 Å². The number of hydrogen-bond donors (Lipinski definition) is 2. The van der Waals surface area contributed by atoms with Crippen molar-refractivity contribution in [1.29, 1.82) is 0 Å². The molecule has 2 fully saturated rings. The van der Waals surface area contributed by atoms with Gasteiger partial charge in [-0.2, -0.15) is 0 Å². The molecule has 0 radical (unpaired) electrons. The van der Waals surface area contributed by atoms with Crippen molar-refractivity contribution in [2.75, 3.05) is 19.5 Å². The van der Waals surface area contributed by atoms with Crippen LogP contribution in [0.15, 0.2) is 18.2 Å². The van der Waals surface area contributed by atoms with E-state index in [4.69, 9.17) is 9.47 Å². The molecule has 1 aromatic rings. The summed E-state index contributed by atoms with van der Waals surface area (Å²) in [6, 6.07) is 5.12. The number of carbonyl (C=O) groups is 2. The molecule has 2 saturated carbocycles. The summed E-state index contributed by atoms with van der Waals surface area (Å²) in [4.78, 5) is 24.2. The monoisotopic (exact) mass is 319 g/mol. The normalized spacial score (nSPS) is 28.4. The van der Waals surface area contributed by atoms with E-state index in [0.29, 0.717) is 17.2 Å². The molecule has 1 aromatic carbocycles. The standard InChI is InChI=1S/C17H21NO5/c1-22-11-5-6-12(13(8-11)23-2)18-16(19)14-9-3-4-10(7-9)15(14)17(20)21/h5-6,8-10,14-15H,3-4,7H2,1-2H3,(H,18,19)(H,20,21)/t9-,10-,14-,15+/m0/s1. The summed E-state index contributed by atoms with van der Waals surface area (Å²) in [5, 5.41) is 12.3. The van der Waals surface area contributed by atoms with Crippen molar-refractivity contribution in [3.8, 4) is 11.5 Å². The van der Waals surface area contributed by atoms with Gasteiger partial charge in [0.1, 0.15) is 11.5 Å². The topological polar surface area (TPSA) is 84.9 Å². The maximum atomic E-state index is 12.7. The van der Waals surface area contributed by atoms with Crippen LogP contribution in [-0.2, 0) is 9.59 Å². The number of hydrogen-bond acceptors (Lipinski definition) is 4. The van der Waals surface area contributed by atoms with Crippen molar-refractivity contribution in [2.45, 2.75) is 19.3 Å². The first-order valence-corrected chi connectivity index (χ1v) is 7.80. The Morgan fingerprint density at radius 2 is 1.83 bits per heavy atom. The molecule has 2 aliphatic rings. The molecule has 3 rings (SSSR count). The van der Waals surface area contributed by atoms with Crippen LogP contribution in [0.2, 0.25) is 0 Å². The lowest BCUT2D eigenvalue weighted by atomic mass is 9.78. The summed E-state index contributed by atoms with van der Waals surface area (Å²) in [5.74, 6) is -0.699. The second-order valence-electron chi connectivity index (χ2n) is 6.28. The molecule has 0 aliphatic heterocycles. The van der Waals surface area contributed by atoms with Crippen molar-refractivity contribution in [1.82, 2.24) is 0 Å². The van der Waals surface area contributed by atoms with Crippen molar-refractivity contribution in [3.63, 3.8) is 0 Å². The molecule has 124 valence electrons. The number of nitrogens with one attached hydrogen (secondary N) is 1. The Bertz CT molecular complexity index is 629. The predicted molar refractivity (Wildman–Crippen MR) is 83.6 cm³/mol. The molecule has 1 amide bonds. The van der Waals surface area contributed by atoms with E-state index in [9.17, 15) is 14.7 Å². The number of aliphatic carboxylic acids is 1. The average molecular weight is 319 g/mol. The van der Waals surface area contributed by atoms with Gasteiger partial charge >= 0.3 is 5.97 Å². The van der Waals surface area contributed by atoms with E-state index in [1.54, 1.807) is 25.3 Å². The number of ether oxygens (including phenoxy) is 2. The number of anilines is 1. The number of amides is 1. The second-order valence-corrected chi connectivity index (χ2v) is 6.28. The van der Waals surface area contributed by atoms with Gasteiger partial charge in [-0.1, -0.05) is 0 Å². The van der Waals surface area contributed by atoms with E-state index in [1.165, 1.54) is 7.11 Å². The molecular formula is C17H21NO5. The van der Waals surface area contributed by atoms with Crippen LogP contribution in [0.1, 0.15) is 19.3 Å². The highest BCUT2D eigenvalue weighted by Crippen LogP contribution is 2.52. The molecular weight excluding hydrogens is 298 g/mol. The Labute approximate surface area is 134 Å². The zero-order chi connectivity index (χ0) is 16.6. The molecule has 6 nitrogen and oxygen atoms in total. The van der Waals surface area contributed by atoms with Crippen LogP contribution in [0.3, 0.4) is 0 Å². The third-order valence-corrected chi connectivity index (χ3v) is 5.17. The highest BCUT2D eigenvalue weighted by Gasteiger charge is 2.54. The van der Waals surface area contributed by atoms with E-state index in [0.717, 1.165) is 19.3 Å². The number of carboxylic acids is 1. The molecule has 4 atom stereocenters. The van der Waals surface area contributed by atoms with Gasteiger partial charge in [0.15, 0.2) is 0 Å². The quantitative estimate of drug-likeness (QED) is 0.870. The Balaban J connectivity index is 1.80. The van der Waals surface area contributed by atoms with Crippen molar-refractivity contribution < 1.29 is 24.2 Å². The van der Waals surface area contributed by atoms with E-state index < -0.39 is 17.8 Å². The lowest BCUT2D eigenvalue weighted by Crippen LogP contribution is -2.37. The summed E-state index contributed by atoms with van der Waals surface area (Å²) in [6.45, 7) is 0. The Kier molecular flexibility index (Phi) is 4.15. The molecule has 0 aromatic heterocycles. The first kappa shape index (κ1) is 15.6. The fourth-order valence-corrected chi connectivity index (χ4v) is 4.14. The lowest BCUT2D eigenvalue weighted by Gasteiger charge is -2.27. The fourth-order valence-electron chi connectivity index (χ4n) is 4.14. The van der Waals surface area contributed by atoms with Crippen LogP contribution in [0.4, 0.5) is 5.69 Å². The van der Waals surface area contributed by atoms with Crippen LogP contribution < -0.4 is 14.8 Å². The minimum Gasteiger partial charge on any atom is -0.497 e. The van der Waals surface area contributed by atoms with E-state index in [2.05, 4.69) is 5.32 Å². The van der Waals surface area contributed by atoms with Gasteiger partial charge < -0.3 is 19.9 Å². The minimum absolute atomic E-state index is 0.131. The van der Waals surface area contributed by atoms with E-state index in [-0.39, 0.29) is 17.7 Å². The summed E-state index contributed by atoms with van der Waals surface area (Å²) < 4.78 is 10.4. The first-order chi connectivity index (χ1) is 11.0. The number of fused-ring (bicyclic) bond motifs is 2. The lowest BCUT2D eigenvalue weighted by molar-refractivity contribution is -0.148. The van der Waals surface area contributed by atoms with Gasteiger partial charge in [0.05, 0.1) is 31.7 Å². The molecule has 6 heteroatoms. The van der Waals surface area contributed by atoms with Gasteiger partial charge in [-0.25, -0.2) is 0 Å². The zero-order valence-corrected chi connectivity index (χ0v) is 13.2. The summed E-state index contributed by atoms with van der Waals surface area (Å²) in [7, 11) is 3.07. The van der Waals surface area contributed by atoms with Gasteiger partial charge in [0.25, 0.3) is 0 Å². The molecule has 2 N–H and O–H groups in total. The summed E-state index contributed by atoms with van der Waals surface area (Å²) in [5.41, 5.74) is 0.533. The maximum absolute atomic E-state index is 12.7. The number of carbonyl (C=O) groups excluding carboxylic acids is 1. The molecule has 2 aliphatic carbocycles. The molecule has 0 spiro atoms. The fraction of sp³-hybridized carbons (Fsp3) is 0.529. The van der Waals surface area contributed by atoms with Crippen molar-refractivity contribution in [2.24, 2.45) is 23.7 Å². The second kappa shape index (κ2) is 6.10. The van der Waals surface area contributed by atoms with Crippen LogP contribution >= 0.6 is 0 Å². The van der Waals surface area contributed by atoms with E-state index in [1.807, 2.05) is 0 Å². The average Bonchev–Trinajstić information content (AvgIpc) is 3.16. The Morgan fingerprint density at radius 3 is 2.43 bits per heavy atom. The summed E-state index contributed by atoms with van der Waals surface area (Å²) >= 11 is 0. The third-order valence-electron chi connectivity index (χ3n) is 5.17. The molecule has 0 saturated heterocycles. The minimum atomic E-state index is -0.862. The molecule has 23 heavy (non-hydrogen) atoms. The number of carboxylic acid groups (broad SMARTS) is 1. The van der Waals surface area contributed by atoms with Crippen LogP contribution in [0, 0.1) is 23.7 Å². The molecule has 2 bridgehead atoms. The number of methoxy groups -OCH3 is 2. The first-order valence-electron chi connectivity index (χ1n) is 7.80. The third kappa shape index (κ3) is 2.73. The molecule has 0 unspecified atom stereocenters. The highest BCUT2D eigenvalue weighted by molar-refractivity contribution is 5.97.